The van der Waals surface area contributed by atoms with Gasteiger partial charge in [0.1, 0.15) is 0 Å². The number of anilines is 1. The topological polar surface area (TPSA) is 15.3 Å². The summed E-state index contributed by atoms with van der Waals surface area (Å²) >= 11 is 0. The van der Waals surface area contributed by atoms with Crippen molar-refractivity contribution in [3.05, 3.63) is 29.8 Å². The van der Waals surface area contributed by atoms with Crippen LogP contribution in [0.5, 0.6) is 0 Å². The molecule has 0 fully saturated rings. The average molecular weight is 234 g/mol. The molecule has 1 N–H and O–H groups in total. The number of benzene rings is 1. The predicted molar refractivity (Wildman–Crippen MR) is 76.8 cm³/mol. The third kappa shape index (κ3) is 4.39. The molecule has 1 rings (SSSR count). The van der Waals surface area contributed by atoms with Crippen LogP contribution in [0.4, 0.5) is 5.69 Å². The van der Waals surface area contributed by atoms with Crippen LogP contribution in [0.2, 0.25) is 0 Å². The molecule has 0 saturated carbocycles. The van der Waals surface area contributed by atoms with E-state index in [1.807, 2.05) is 0 Å². The Kier molecular flexibility index (Phi) is 6.06. The van der Waals surface area contributed by atoms with E-state index in [0.29, 0.717) is 6.04 Å². The van der Waals surface area contributed by atoms with Crippen LogP contribution < -0.4 is 10.2 Å². The van der Waals surface area contributed by atoms with E-state index in [4.69, 9.17) is 0 Å². The van der Waals surface area contributed by atoms with Crippen molar-refractivity contribution in [3.8, 4) is 0 Å². The van der Waals surface area contributed by atoms with E-state index in [2.05, 4.69) is 62.3 Å². The van der Waals surface area contributed by atoms with Gasteiger partial charge >= 0.3 is 0 Å². The highest BCUT2D eigenvalue weighted by Crippen LogP contribution is 2.17. The molecular formula is C15H26N2. The standard InChI is InChI=1S/C15H26N2/c1-5-10-16-12-14(6-2)17(4)15-9-7-8-13(3)11-15/h7-9,11,14,16H,5-6,10,12H2,1-4H3. The molecule has 0 aliphatic heterocycles. The number of hydrogen-bond donors (Lipinski definition) is 1. The highest BCUT2D eigenvalue weighted by atomic mass is 15.2. The Morgan fingerprint density at radius 2 is 2.06 bits per heavy atom. The minimum absolute atomic E-state index is 0.573. The SMILES string of the molecule is CCCNCC(CC)N(C)c1cccc(C)c1. The van der Waals surface area contributed by atoms with Crippen LogP contribution in [-0.2, 0) is 0 Å². The summed E-state index contributed by atoms with van der Waals surface area (Å²) in [4.78, 5) is 2.38. The number of nitrogens with one attached hydrogen (secondary N) is 1. The first-order chi connectivity index (χ1) is 8.19. The van der Waals surface area contributed by atoms with Gasteiger partial charge < -0.3 is 10.2 Å². The second-order valence-corrected chi connectivity index (χ2v) is 4.72. The molecule has 1 aromatic carbocycles. The summed E-state index contributed by atoms with van der Waals surface area (Å²) in [6, 6.07) is 9.29. The molecule has 0 bridgehead atoms. The van der Waals surface area contributed by atoms with E-state index in [-0.39, 0.29) is 0 Å². The fraction of sp³-hybridized carbons (Fsp3) is 0.600. The quantitative estimate of drug-likeness (QED) is 0.729. The molecular weight excluding hydrogens is 208 g/mol. The van der Waals surface area contributed by atoms with Gasteiger partial charge in [-0.2, -0.15) is 0 Å². The van der Waals surface area contributed by atoms with E-state index in [1.54, 1.807) is 0 Å². The lowest BCUT2D eigenvalue weighted by Gasteiger charge is -2.30. The Labute approximate surface area is 106 Å². The smallest absolute Gasteiger partial charge is 0.0408 e. The van der Waals surface area contributed by atoms with Gasteiger partial charge in [-0.1, -0.05) is 26.0 Å². The average Bonchev–Trinajstić information content (AvgIpc) is 2.34. The van der Waals surface area contributed by atoms with Crippen molar-refractivity contribution < 1.29 is 0 Å². The summed E-state index contributed by atoms with van der Waals surface area (Å²) in [7, 11) is 2.19. The number of likely N-dealkylation sites (N-methyl/N-ethyl adjacent to an activating group) is 1. The van der Waals surface area contributed by atoms with E-state index in [9.17, 15) is 0 Å². The van der Waals surface area contributed by atoms with Crippen LogP contribution >= 0.6 is 0 Å². The van der Waals surface area contributed by atoms with Crippen molar-refractivity contribution >= 4 is 5.69 Å². The van der Waals surface area contributed by atoms with Crippen LogP contribution in [0.15, 0.2) is 24.3 Å². The van der Waals surface area contributed by atoms with E-state index >= 15 is 0 Å². The van der Waals surface area contributed by atoms with Crippen molar-refractivity contribution in [2.75, 3.05) is 25.0 Å². The summed E-state index contributed by atoms with van der Waals surface area (Å²) in [6.07, 6.45) is 2.37. The molecule has 2 heteroatoms. The second kappa shape index (κ2) is 7.33. The molecule has 1 atom stereocenters. The second-order valence-electron chi connectivity index (χ2n) is 4.72. The van der Waals surface area contributed by atoms with E-state index in [1.165, 1.54) is 24.1 Å². The largest absolute Gasteiger partial charge is 0.370 e. The van der Waals surface area contributed by atoms with E-state index in [0.717, 1.165) is 13.1 Å². The molecule has 0 aliphatic rings. The maximum Gasteiger partial charge on any atom is 0.0408 e. The zero-order valence-corrected chi connectivity index (χ0v) is 11.7. The van der Waals surface area contributed by atoms with E-state index < -0.39 is 0 Å². The molecule has 0 radical (unpaired) electrons. The van der Waals surface area contributed by atoms with Gasteiger partial charge in [-0.05, 0) is 44.0 Å². The lowest BCUT2D eigenvalue weighted by atomic mass is 10.1. The molecule has 0 saturated heterocycles. The first-order valence-electron chi connectivity index (χ1n) is 6.69. The minimum Gasteiger partial charge on any atom is -0.370 e. The van der Waals surface area contributed by atoms with Gasteiger partial charge in [0.2, 0.25) is 0 Å². The number of rotatable bonds is 7. The molecule has 0 aromatic heterocycles. The van der Waals surface area contributed by atoms with Gasteiger partial charge in [-0.3, -0.25) is 0 Å². The maximum absolute atomic E-state index is 3.51. The van der Waals surface area contributed by atoms with Gasteiger partial charge in [0, 0.05) is 25.3 Å². The van der Waals surface area contributed by atoms with Gasteiger partial charge in [-0.25, -0.2) is 0 Å². The normalized spacial score (nSPS) is 12.5. The Morgan fingerprint density at radius 3 is 2.65 bits per heavy atom. The molecule has 0 aliphatic carbocycles. The number of nitrogens with zero attached hydrogens (tertiary/aromatic N) is 1. The fourth-order valence-electron chi connectivity index (χ4n) is 2.06. The highest BCUT2D eigenvalue weighted by molar-refractivity contribution is 5.48. The van der Waals surface area contributed by atoms with Crippen molar-refractivity contribution in [3.63, 3.8) is 0 Å². The van der Waals surface area contributed by atoms with Crippen LogP contribution in [0, 0.1) is 6.92 Å². The summed E-state index contributed by atoms with van der Waals surface area (Å²) in [5.74, 6) is 0. The number of aryl methyl sites for hydroxylation is 1. The zero-order chi connectivity index (χ0) is 12.7. The predicted octanol–water partition coefficient (Wildman–Crippen LogP) is 3.21. The minimum atomic E-state index is 0.573. The molecule has 1 unspecified atom stereocenters. The van der Waals surface area contributed by atoms with Gasteiger partial charge in [0.05, 0.1) is 0 Å². The van der Waals surface area contributed by atoms with Gasteiger partial charge in [0.15, 0.2) is 0 Å². The first-order valence-corrected chi connectivity index (χ1v) is 6.69. The summed E-state index contributed by atoms with van der Waals surface area (Å²) in [5, 5.41) is 3.51. The van der Waals surface area contributed by atoms with Crippen LogP contribution in [0.3, 0.4) is 0 Å². The third-order valence-corrected chi connectivity index (χ3v) is 3.23. The van der Waals surface area contributed by atoms with Crippen LogP contribution in [0.25, 0.3) is 0 Å². The van der Waals surface area contributed by atoms with Crippen molar-refractivity contribution in [2.24, 2.45) is 0 Å². The Bertz CT molecular complexity index is 322. The molecule has 0 amide bonds. The Morgan fingerprint density at radius 1 is 1.29 bits per heavy atom. The summed E-state index contributed by atoms with van der Waals surface area (Å²) in [6.45, 7) is 8.78. The Balaban J connectivity index is 2.61. The van der Waals surface area contributed by atoms with Crippen LogP contribution in [0.1, 0.15) is 32.3 Å². The fourth-order valence-corrected chi connectivity index (χ4v) is 2.06. The molecule has 1 aromatic rings. The number of hydrogen-bond acceptors (Lipinski definition) is 2. The Hall–Kier alpha value is -1.02. The molecule has 2 nitrogen and oxygen atoms in total. The zero-order valence-electron chi connectivity index (χ0n) is 11.7. The maximum atomic E-state index is 3.51. The van der Waals surface area contributed by atoms with Gasteiger partial charge in [-0.15, -0.1) is 0 Å². The van der Waals surface area contributed by atoms with Crippen molar-refractivity contribution in [2.45, 2.75) is 39.7 Å². The summed E-state index contributed by atoms with van der Waals surface area (Å²) in [5.41, 5.74) is 2.64. The van der Waals surface area contributed by atoms with Crippen LogP contribution in [-0.4, -0.2) is 26.2 Å². The highest BCUT2D eigenvalue weighted by Gasteiger charge is 2.12. The molecule has 17 heavy (non-hydrogen) atoms. The molecule has 96 valence electrons. The molecule has 0 heterocycles. The summed E-state index contributed by atoms with van der Waals surface area (Å²) < 4.78 is 0. The lowest BCUT2D eigenvalue weighted by molar-refractivity contribution is 0.539. The molecule has 0 spiro atoms. The van der Waals surface area contributed by atoms with Crippen molar-refractivity contribution in [1.82, 2.24) is 5.32 Å². The van der Waals surface area contributed by atoms with Crippen molar-refractivity contribution in [1.29, 1.82) is 0 Å². The lowest BCUT2D eigenvalue weighted by Crippen LogP contribution is -2.40. The monoisotopic (exact) mass is 234 g/mol. The third-order valence-electron chi connectivity index (χ3n) is 3.23. The van der Waals surface area contributed by atoms with Gasteiger partial charge in [0.25, 0.3) is 0 Å². The first kappa shape index (κ1) is 14.0.